The number of guanidine groups is 1. The van der Waals surface area contributed by atoms with E-state index in [1.54, 1.807) is 54.6 Å². The summed E-state index contributed by atoms with van der Waals surface area (Å²) in [5.74, 6) is 0.977. The first-order valence-corrected chi connectivity index (χ1v) is 15.4. The van der Waals surface area contributed by atoms with Crippen LogP contribution in [0, 0.1) is 0 Å². The average molecular weight is 672 g/mol. The van der Waals surface area contributed by atoms with E-state index in [1.807, 2.05) is 20.8 Å². The SMILES string of the molecule is CCOc1cc(NC(C)=O)ccc1C=NN=C(NN=Cc1ccc(NC(C)=O)cc1OCC)NN=Cc1ccc(NC(C)=O)cc1OCC. The van der Waals surface area contributed by atoms with Crippen molar-refractivity contribution in [1.82, 2.24) is 10.9 Å². The molecular weight excluding hydrogens is 630 g/mol. The summed E-state index contributed by atoms with van der Waals surface area (Å²) in [5, 5.41) is 25.2. The van der Waals surface area contributed by atoms with Gasteiger partial charge >= 0.3 is 0 Å². The Morgan fingerprint density at radius 1 is 0.571 bits per heavy atom. The molecule has 0 aliphatic carbocycles. The van der Waals surface area contributed by atoms with E-state index in [0.29, 0.717) is 70.8 Å². The van der Waals surface area contributed by atoms with Crippen LogP contribution in [0.5, 0.6) is 17.2 Å². The first-order chi connectivity index (χ1) is 23.6. The Morgan fingerprint density at radius 2 is 0.918 bits per heavy atom. The Bertz CT molecular complexity index is 1650. The molecule has 0 radical (unpaired) electrons. The molecule has 3 amide bonds. The van der Waals surface area contributed by atoms with Crippen molar-refractivity contribution in [3.05, 3.63) is 71.3 Å². The van der Waals surface area contributed by atoms with Crippen LogP contribution in [0.3, 0.4) is 0 Å². The lowest BCUT2D eigenvalue weighted by molar-refractivity contribution is -0.115. The lowest BCUT2D eigenvalue weighted by atomic mass is 10.2. The number of anilines is 3. The maximum absolute atomic E-state index is 11.5. The highest BCUT2D eigenvalue weighted by Gasteiger charge is 2.08. The number of benzene rings is 3. The Hall–Kier alpha value is -6.25. The zero-order valence-corrected chi connectivity index (χ0v) is 28.3. The third-order valence-electron chi connectivity index (χ3n) is 6.00. The monoisotopic (exact) mass is 671 g/mol. The third-order valence-corrected chi connectivity index (χ3v) is 6.00. The van der Waals surface area contributed by atoms with E-state index in [-0.39, 0.29) is 23.7 Å². The standard InChI is InChI=1S/C34H41N9O6/c1-7-47-31-16-28(38-22(4)44)13-10-25(31)19-35-41-34(42-36-20-26-11-14-29(39-23(5)45)17-32(26)48-8-2)43-37-21-27-12-15-30(40-24(6)46)18-33(27)49-9-3/h10-21H,7-9H2,1-6H3,(H,38,44)(H,39,45)(H,40,46)(H2,41,42,43). The van der Waals surface area contributed by atoms with Gasteiger partial charge < -0.3 is 30.2 Å². The minimum absolute atomic E-state index is 0.0530. The van der Waals surface area contributed by atoms with Gasteiger partial charge in [0.2, 0.25) is 17.7 Å². The van der Waals surface area contributed by atoms with Gasteiger partial charge in [0, 0.05) is 72.7 Å². The highest BCUT2D eigenvalue weighted by atomic mass is 16.5. The number of amides is 3. The molecular formula is C34H41N9O6. The molecule has 0 aliphatic rings. The second kappa shape index (κ2) is 19.4. The van der Waals surface area contributed by atoms with Crippen LogP contribution in [-0.2, 0) is 14.4 Å². The van der Waals surface area contributed by atoms with Crippen molar-refractivity contribution in [2.45, 2.75) is 41.5 Å². The molecule has 0 saturated carbocycles. The van der Waals surface area contributed by atoms with Crippen LogP contribution in [0.4, 0.5) is 17.1 Å². The van der Waals surface area contributed by atoms with Crippen molar-refractivity contribution >= 4 is 59.4 Å². The van der Waals surface area contributed by atoms with Gasteiger partial charge in [-0.25, -0.2) is 10.9 Å². The summed E-state index contributed by atoms with van der Waals surface area (Å²) >= 11 is 0. The minimum atomic E-state index is -0.203. The van der Waals surface area contributed by atoms with Gasteiger partial charge in [-0.1, -0.05) is 0 Å². The highest BCUT2D eigenvalue weighted by molar-refractivity contribution is 5.94. The van der Waals surface area contributed by atoms with Crippen LogP contribution in [0.2, 0.25) is 0 Å². The van der Waals surface area contributed by atoms with Crippen LogP contribution < -0.4 is 41.0 Å². The summed E-state index contributed by atoms with van der Waals surface area (Å²) in [6.07, 6.45) is 4.53. The number of nitrogens with one attached hydrogen (secondary N) is 5. The molecule has 0 heterocycles. The number of hydrogen-bond donors (Lipinski definition) is 5. The van der Waals surface area contributed by atoms with Crippen LogP contribution in [0.1, 0.15) is 58.2 Å². The van der Waals surface area contributed by atoms with Gasteiger partial charge in [-0.3, -0.25) is 14.4 Å². The summed E-state index contributed by atoms with van der Waals surface area (Å²) in [6, 6.07) is 15.5. The van der Waals surface area contributed by atoms with E-state index in [9.17, 15) is 14.4 Å². The fraction of sp³-hybridized carbons (Fsp3) is 0.265. The number of hydrogen-bond acceptors (Lipinski definition) is 10. The zero-order chi connectivity index (χ0) is 35.6. The smallest absolute Gasteiger partial charge is 0.257 e. The molecule has 258 valence electrons. The Morgan fingerprint density at radius 3 is 1.24 bits per heavy atom. The summed E-state index contributed by atoms with van der Waals surface area (Å²) < 4.78 is 17.2. The van der Waals surface area contributed by atoms with Crippen LogP contribution in [-0.4, -0.2) is 62.1 Å². The van der Waals surface area contributed by atoms with Gasteiger partial charge in [-0.15, -0.1) is 5.10 Å². The summed E-state index contributed by atoms with van der Waals surface area (Å²) in [5.41, 5.74) is 9.23. The van der Waals surface area contributed by atoms with Crippen molar-refractivity contribution in [2.24, 2.45) is 20.4 Å². The van der Waals surface area contributed by atoms with Crippen molar-refractivity contribution in [2.75, 3.05) is 35.8 Å². The second-order valence-corrected chi connectivity index (χ2v) is 10.0. The van der Waals surface area contributed by atoms with E-state index in [4.69, 9.17) is 14.2 Å². The van der Waals surface area contributed by atoms with Gasteiger partial charge in [0.15, 0.2) is 0 Å². The molecule has 3 aromatic rings. The molecule has 0 aromatic heterocycles. The number of carbonyl (C=O) groups excluding carboxylic acids is 3. The second-order valence-electron chi connectivity index (χ2n) is 10.0. The molecule has 15 heteroatoms. The molecule has 49 heavy (non-hydrogen) atoms. The van der Waals surface area contributed by atoms with Crippen molar-refractivity contribution in [1.29, 1.82) is 0 Å². The number of rotatable bonds is 15. The molecule has 3 rings (SSSR count). The average Bonchev–Trinajstić information content (AvgIpc) is 3.03. The van der Waals surface area contributed by atoms with Crippen molar-refractivity contribution in [3.63, 3.8) is 0 Å². The zero-order valence-electron chi connectivity index (χ0n) is 28.3. The fourth-order valence-corrected chi connectivity index (χ4v) is 4.15. The van der Waals surface area contributed by atoms with E-state index in [0.717, 1.165) is 0 Å². The topological polar surface area (TPSA) is 188 Å². The van der Waals surface area contributed by atoms with Gasteiger partial charge in [-0.05, 0) is 57.2 Å². The summed E-state index contributed by atoms with van der Waals surface area (Å²) in [7, 11) is 0. The van der Waals surface area contributed by atoms with E-state index < -0.39 is 0 Å². The Labute approximate surface area is 284 Å². The van der Waals surface area contributed by atoms with Crippen molar-refractivity contribution < 1.29 is 28.6 Å². The van der Waals surface area contributed by atoms with E-state index in [1.165, 1.54) is 39.4 Å². The highest BCUT2D eigenvalue weighted by Crippen LogP contribution is 2.24. The summed E-state index contributed by atoms with van der Waals surface area (Å²) in [6.45, 7) is 11.0. The minimum Gasteiger partial charge on any atom is -0.493 e. The lowest BCUT2D eigenvalue weighted by Gasteiger charge is -2.10. The van der Waals surface area contributed by atoms with Crippen molar-refractivity contribution in [3.8, 4) is 17.2 Å². The van der Waals surface area contributed by atoms with Gasteiger partial charge in [0.1, 0.15) is 17.2 Å². The third kappa shape index (κ3) is 12.8. The van der Waals surface area contributed by atoms with Gasteiger partial charge in [0.05, 0.1) is 38.5 Å². The Kier molecular flexibility index (Phi) is 14.7. The van der Waals surface area contributed by atoms with Gasteiger partial charge in [-0.2, -0.15) is 15.3 Å². The molecule has 0 atom stereocenters. The fourth-order valence-electron chi connectivity index (χ4n) is 4.15. The number of carbonyl (C=O) groups is 3. The predicted molar refractivity (Wildman–Crippen MR) is 192 cm³/mol. The molecule has 3 aromatic carbocycles. The van der Waals surface area contributed by atoms with E-state index in [2.05, 4.69) is 47.2 Å². The van der Waals surface area contributed by atoms with E-state index >= 15 is 0 Å². The molecule has 0 aliphatic heterocycles. The number of hydrazone groups is 2. The number of nitrogens with zero attached hydrogens (tertiary/aromatic N) is 4. The molecule has 5 N–H and O–H groups in total. The van der Waals surface area contributed by atoms with Gasteiger partial charge in [0.25, 0.3) is 5.96 Å². The summed E-state index contributed by atoms with van der Waals surface area (Å²) in [4.78, 5) is 34.5. The van der Waals surface area contributed by atoms with Crippen LogP contribution in [0.25, 0.3) is 0 Å². The van der Waals surface area contributed by atoms with Crippen LogP contribution in [0.15, 0.2) is 75.0 Å². The first kappa shape index (κ1) is 37.2. The maximum Gasteiger partial charge on any atom is 0.257 e. The lowest BCUT2D eigenvalue weighted by Crippen LogP contribution is -2.30. The normalized spacial score (nSPS) is 10.9. The van der Waals surface area contributed by atoms with Crippen LogP contribution >= 0.6 is 0 Å². The number of ether oxygens (including phenoxy) is 3. The molecule has 0 unspecified atom stereocenters. The molecule has 0 spiro atoms. The maximum atomic E-state index is 11.5. The molecule has 15 nitrogen and oxygen atoms in total. The molecule has 0 saturated heterocycles. The molecule has 0 bridgehead atoms. The largest absolute Gasteiger partial charge is 0.493 e. The molecule has 0 fully saturated rings. The first-order valence-electron chi connectivity index (χ1n) is 15.4. The predicted octanol–water partition coefficient (Wildman–Crippen LogP) is 4.70. The quantitative estimate of drug-likeness (QED) is 0.0874. The Balaban J connectivity index is 1.91.